The summed E-state index contributed by atoms with van der Waals surface area (Å²) in [5, 5.41) is 11.3. The number of hydrogen-bond donors (Lipinski definition) is 2. The van der Waals surface area contributed by atoms with Gasteiger partial charge in [-0.25, -0.2) is 8.78 Å². The summed E-state index contributed by atoms with van der Waals surface area (Å²) in [5.41, 5.74) is -0.452. The lowest BCUT2D eigenvalue weighted by Gasteiger charge is -2.14. The third kappa shape index (κ3) is 2.50. The second-order valence-corrected chi connectivity index (χ2v) is 2.96. The van der Waals surface area contributed by atoms with Crippen LogP contribution in [0.3, 0.4) is 0 Å². The van der Waals surface area contributed by atoms with Crippen molar-refractivity contribution in [3.8, 4) is 0 Å². The molecule has 0 radical (unpaired) electrons. The van der Waals surface area contributed by atoms with E-state index < -0.39 is 29.2 Å². The van der Waals surface area contributed by atoms with E-state index in [1.165, 1.54) is 6.07 Å². The highest BCUT2D eigenvalue weighted by molar-refractivity contribution is 5.75. The summed E-state index contributed by atoms with van der Waals surface area (Å²) >= 11 is 0. The first-order valence-corrected chi connectivity index (χ1v) is 4.48. The molecule has 0 heterocycles. The Hall–Kier alpha value is -1.49. The zero-order valence-corrected chi connectivity index (χ0v) is 8.13. The fraction of sp³-hybridized carbons (Fsp3) is 0.300. The first-order valence-electron chi connectivity index (χ1n) is 4.48. The molecule has 0 saturated heterocycles. The second kappa shape index (κ2) is 4.84. The number of halogens is 2. The van der Waals surface area contributed by atoms with Crippen molar-refractivity contribution in [2.45, 2.75) is 13.0 Å². The smallest absolute Gasteiger partial charge is 0.325 e. The van der Waals surface area contributed by atoms with E-state index >= 15 is 0 Å². The minimum atomic E-state index is -1.35. The highest BCUT2D eigenvalue weighted by Crippen LogP contribution is 2.20. The summed E-state index contributed by atoms with van der Waals surface area (Å²) in [6.45, 7) is 1.97. The van der Waals surface area contributed by atoms with E-state index in [1.807, 2.05) is 0 Å². The monoisotopic (exact) mass is 215 g/mol. The van der Waals surface area contributed by atoms with E-state index in [0.717, 1.165) is 12.1 Å². The number of rotatable bonds is 4. The molecule has 0 aliphatic rings. The molecule has 0 aliphatic carbocycles. The normalized spacial score (nSPS) is 12.5. The number of hydrogen-bond acceptors (Lipinski definition) is 2. The van der Waals surface area contributed by atoms with Crippen molar-refractivity contribution in [3.05, 3.63) is 35.4 Å². The standard InChI is InChI=1S/C10H11F2NO2/c1-2-13-9(10(14)15)8-6(11)4-3-5-7(8)12/h3-5,9,13H,2H2,1H3,(H,14,15). The van der Waals surface area contributed by atoms with E-state index in [0.29, 0.717) is 6.54 Å². The van der Waals surface area contributed by atoms with Crippen LogP contribution in [0.4, 0.5) is 8.78 Å². The van der Waals surface area contributed by atoms with E-state index in [2.05, 4.69) is 5.32 Å². The Labute approximate surface area is 85.7 Å². The van der Waals surface area contributed by atoms with Gasteiger partial charge in [0.15, 0.2) is 0 Å². The lowest BCUT2D eigenvalue weighted by Crippen LogP contribution is -2.29. The van der Waals surface area contributed by atoms with Gasteiger partial charge in [-0.2, -0.15) is 0 Å². The summed E-state index contributed by atoms with van der Waals surface area (Å²) in [6.07, 6.45) is 0. The molecular weight excluding hydrogens is 204 g/mol. The van der Waals surface area contributed by atoms with Crippen molar-refractivity contribution in [2.75, 3.05) is 6.54 Å². The van der Waals surface area contributed by atoms with Gasteiger partial charge < -0.3 is 10.4 Å². The van der Waals surface area contributed by atoms with Crippen LogP contribution in [0.5, 0.6) is 0 Å². The van der Waals surface area contributed by atoms with Crippen LogP contribution in [0.25, 0.3) is 0 Å². The van der Waals surface area contributed by atoms with Gasteiger partial charge in [-0.3, -0.25) is 4.79 Å². The van der Waals surface area contributed by atoms with Crippen LogP contribution in [0.15, 0.2) is 18.2 Å². The van der Waals surface area contributed by atoms with Gasteiger partial charge in [-0.05, 0) is 18.7 Å². The minimum absolute atomic E-state index is 0.310. The lowest BCUT2D eigenvalue weighted by atomic mass is 10.1. The summed E-state index contributed by atoms with van der Waals surface area (Å²) in [4.78, 5) is 10.8. The molecule has 1 aromatic rings. The van der Waals surface area contributed by atoms with Crippen molar-refractivity contribution < 1.29 is 18.7 Å². The molecule has 1 unspecified atom stereocenters. The maximum Gasteiger partial charge on any atom is 0.325 e. The van der Waals surface area contributed by atoms with Gasteiger partial charge in [0.05, 0.1) is 5.56 Å². The van der Waals surface area contributed by atoms with Crippen LogP contribution in [0, 0.1) is 11.6 Å². The predicted molar refractivity (Wildman–Crippen MR) is 50.4 cm³/mol. The highest BCUT2D eigenvalue weighted by Gasteiger charge is 2.25. The van der Waals surface area contributed by atoms with Crippen LogP contribution >= 0.6 is 0 Å². The molecule has 0 spiro atoms. The summed E-state index contributed by atoms with van der Waals surface area (Å²) < 4.78 is 26.5. The van der Waals surface area contributed by atoms with Gasteiger partial charge >= 0.3 is 5.97 Å². The van der Waals surface area contributed by atoms with Gasteiger partial charge in [0.1, 0.15) is 17.7 Å². The maximum absolute atomic E-state index is 13.2. The molecule has 0 aliphatic heterocycles. The van der Waals surface area contributed by atoms with Crippen LogP contribution in [0.1, 0.15) is 18.5 Å². The maximum atomic E-state index is 13.2. The zero-order valence-electron chi connectivity index (χ0n) is 8.13. The van der Waals surface area contributed by atoms with Crippen molar-refractivity contribution in [1.29, 1.82) is 0 Å². The highest BCUT2D eigenvalue weighted by atomic mass is 19.1. The van der Waals surface area contributed by atoms with Crippen LogP contribution in [0.2, 0.25) is 0 Å². The summed E-state index contributed by atoms with van der Waals surface area (Å²) in [7, 11) is 0. The SMILES string of the molecule is CCNC(C(=O)O)c1c(F)cccc1F. The molecule has 0 amide bonds. The Kier molecular flexibility index (Phi) is 3.74. The molecule has 0 bridgehead atoms. The quantitative estimate of drug-likeness (QED) is 0.803. The third-order valence-corrected chi connectivity index (χ3v) is 1.94. The molecule has 3 nitrogen and oxygen atoms in total. The minimum Gasteiger partial charge on any atom is -0.480 e. The second-order valence-electron chi connectivity index (χ2n) is 2.96. The van der Waals surface area contributed by atoms with Gasteiger partial charge in [0, 0.05) is 0 Å². The average Bonchev–Trinajstić information content (AvgIpc) is 2.15. The van der Waals surface area contributed by atoms with Gasteiger partial charge in [-0.1, -0.05) is 13.0 Å². The van der Waals surface area contributed by atoms with Crippen LogP contribution < -0.4 is 5.32 Å². The number of nitrogens with one attached hydrogen (secondary N) is 1. The van der Waals surface area contributed by atoms with Crippen molar-refractivity contribution >= 4 is 5.97 Å². The molecular formula is C10H11F2NO2. The number of carbonyl (C=O) groups is 1. The molecule has 1 aromatic carbocycles. The zero-order chi connectivity index (χ0) is 11.4. The molecule has 82 valence electrons. The first kappa shape index (κ1) is 11.6. The molecule has 2 N–H and O–H groups in total. The van der Waals surface area contributed by atoms with Gasteiger partial charge in [0.25, 0.3) is 0 Å². The number of benzene rings is 1. The van der Waals surface area contributed by atoms with E-state index in [4.69, 9.17) is 5.11 Å². The molecule has 5 heteroatoms. The Balaban J connectivity index is 3.15. The van der Waals surface area contributed by atoms with E-state index in [1.54, 1.807) is 6.92 Å². The van der Waals surface area contributed by atoms with Crippen molar-refractivity contribution in [2.24, 2.45) is 0 Å². The summed E-state index contributed by atoms with van der Waals surface area (Å²) in [5.74, 6) is -3.02. The Morgan fingerprint density at radius 3 is 2.40 bits per heavy atom. The molecule has 15 heavy (non-hydrogen) atoms. The fourth-order valence-corrected chi connectivity index (χ4v) is 1.30. The Morgan fingerprint density at radius 2 is 2.00 bits per heavy atom. The molecule has 0 fully saturated rings. The van der Waals surface area contributed by atoms with Gasteiger partial charge in [0.2, 0.25) is 0 Å². The number of carboxylic acids is 1. The Morgan fingerprint density at radius 1 is 1.47 bits per heavy atom. The van der Waals surface area contributed by atoms with Crippen LogP contribution in [-0.4, -0.2) is 17.6 Å². The molecule has 0 aromatic heterocycles. The third-order valence-electron chi connectivity index (χ3n) is 1.94. The van der Waals surface area contributed by atoms with E-state index in [-0.39, 0.29) is 0 Å². The fourth-order valence-electron chi connectivity index (χ4n) is 1.30. The van der Waals surface area contributed by atoms with Crippen LogP contribution in [-0.2, 0) is 4.79 Å². The first-order chi connectivity index (χ1) is 7.07. The lowest BCUT2D eigenvalue weighted by molar-refractivity contribution is -0.139. The average molecular weight is 215 g/mol. The van der Waals surface area contributed by atoms with E-state index in [9.17, 15) is 13.6 Å². The largest absolute Gasteiger partial charge is 0.480 e. The number of aliphatic carboxylic acids is 1. The topological polar surface area (TPSA) is 49.3 Å². The van der Waals surface area contributed by atoms with Crippen molar-refractivity contribution in [3.63, 3.8) is 0 Å². The predicted octanol–water partition coefficient (Wildman–Crippen LogP) is 1.70. The molecule has 1 rings (SSSR count). The molecule has 0 saturated carbocycles. The number of carboxylic acid groups (broad SMARTS) is 1. The molecule has 1 atom stereocenters. The van der Waals surface area contributed by atoms with Gasteiger partial charge in [-0.15, -0.1) is 0 Å². The number of likely N-dealkylation sites (N-methyl/N-ethyl adjacent to an activating group) is 1. The van der Waals surface area contributed by atoms with Crippen molar-refractivity contribution in [1.82, 2.24) is 5.32 Å². The Bertz CT molecular complexity index is 348. The summed E-state index contributed by atoms with van der Waals surface area (Å²) in [6, 6.07) is 1.91.